The highest BCUT2D eigenvalue weighted by molar-refractivity contribution is 7.16. The fraction of sp³-hybridized carbons (Fsp3) is 0.100. The molecule has 0 atom stereocenters. The number of thiazole rings is 1. The van der Waals surface area contributed by atoms with Crippen molar-refractivity contribution in [3.63, 3.8) is 0 Å². The largest absolute Gasteiger partial charge is 0.372 e. The molecule has 1 N–H and O–H groups in total. The summed E-state index contributed by atoms with van der Waals surface area (Å²) in [6.45, 7) is 0. The van der Waals surface area contributed by atoms with Gasteiger partial charge in [0.2, 0.25) is 0 Å². The van der Waals surface area contributed by atoms with Crippen LogP contribution in [0.4, 0.5) is 5.82 Å². The molecule has 0 saturated heterocycles. The van der Waals surface area contributed by atoms with Crippen LogP contribution in [0.25, 0.3) is 20.9 Å². The van der Waals surface area contributed by atoms with E-state index in [9.17, 15) is 0 Å². The van der Waals surface area contributed by atoms with Crippen LogP contribution in [-0.2, 0) is 0 Å². The molecule has 6 heteroatoms. The van der Waals surface area contributed by atoms with Crippen molar-refractivity contribution in [3.8, 4) is 10.7 Å². The number of aromatic nitrogens is 3. The molecule has 0 bridgehead atoms. The molecule has 4 nitrogen and oxygen atoms in total. The lowest BCUT2D eigenvalue weighted by Gasteiger charge is -2.03. The predicted octanol–water partition coefficient (Wildman–Crippen LogP) is 2.86. The van der Waals surface area contributed by atoms with Gasteiger partial charge in [0.1, 0.15) is 10.6 Å². The Morgan fingerprint density at radius 1 is 1.25 bits per heavy atom. The average molecular weight is 248 g/mol. The summed E-state index contributed by atoms with van der Waals surface area (Å²) in [4.78, 5) is 15.1. The predicted molar refractivity (Wildman–Crippen MR) is 68.1 cm³/mol. The maximum absolute atomic E-state index is 4.52. The van der Waals surface area contributed by atoms with Crippen molar-refractivity contribution in [2.24, 2.45) is 0 Å². The smallest absolute Gasteiger partial charge is 0.174 e. The number of nitrogens with one attached hydrogen (secondary N) is 1. The highest BCUT2D eigenvalue weighted by Gasteiger charge is 2.10. The van der Waals surface area contributed by atoms with Crippen LogP contribution in [0, 0.1) is 0 Å². The van der Waals surface area contributed by atoms with E-state index in [1.807, 2.05) is 18.5 Å². The van der Waals surface area contributed by atoms with Gasteiger partial charge < -0.3 is 5.32 Å². The summed E-state index contributed by atoms with van der Waals surface area (Å²) in [7, 11) is 1.87. The van der Waals surface area contributed by atoms with Gasteiger partial charge in [0.25, 0.3) is 0 Å². The molecule has 0 aromatic carbocycles. The first-order valence-electron chi connectivity index (χ1n) is 4.70. The third kappa shape index (κ3) is 1.46. The number of anilines is 1. The first-order valence-corrected chi connectivity index (χ1v) is 6.46. The number of nitrogens with zero attached hydrogens (tertiary/aromatic N) is 3. The Morgan fingerprint density at radius 3 is 2.94 bits per heavy atom. The minimum absolute atomic E-state index is 0.738. The zero-order valence-corrected chi connectivity index (χ0v) is 10.1. The quantitative estimate of drug-likeness (QED) is 0.757. The molecule has 3 rings (SSSR count). The van der Waals surface area contributed by atoms with Crippen molar-refractivity contribution in [3.05, 3.63) is 23.2 Å². The first-order chi connectivity index (χ1) is 7.88. The standard InChI is InChI=1S/C10H8N4S2/c1-11-8-6-2-3-15-10(6)14-9(13-8)7-4-12-5-16-7/h2-5H,1H3,(H,11,13,14). The normalized spacial score (nSPS) is 10.8. The van der Waals surface area contributed by atoms with Crippen molar-refractivity contribution in [1.29, 1.82) is 0 Å². The van der Waals surface area contributed by atoms with Crippen LogP contribution >= 0.6 is 22.7 Å². The fourth-order valence-electron chi connectivity index (χ4n) is 1.48. The van der Waals surface area contributed by atoms with Crippen LogP contribution < -0.4 is 5.32 Å². The highest BCUT2D eigenvalue weighted by atomic mass is 32.1. The number of hydrogen-bond donors (Lipinski definition) is 1. The maximum atomic E-state index is 4.52. The van der Waals surface area contributed by atoms with Gasteiger partial charge in [-0.3, -0.25) is 4.98 Å². The van der Waals surface area contributed by atoms with Crippen LogP contribution in [0.1, 0.15) is 0 Å². The minimum Gasteiger partial charge on any atom is -0.372 e. The Labute approximate surface area is 100 Å². The molecule has 3 aromatic rings. The second-order valence-corrected chi connectivity index (χ2v) is 4.93. The third-order valence-electron chi connectivity index (χ3n) is 2.21. The summed E-state index contributed by atoms with van der Waals surface area (Å²) in [5.74, 6) is 1.61. The number of hydrogen-bond acceptors (Lipinski definition) is 6. The molecule has 3 aromatic heterocycles. The highest BCUT2D eigenvalue weighted by Crippen LogP contribution is 2.29. The molecule has 0 fully saturated rings. The number of fused-ring (bicyclic) bond motifs is 1. The van der Waals surface area contributed by atoms with Crippen molar-refractivity contribution in [2.45, 2.75) is 0 Å². The summed E-state index contributed by atoms with van der Waals surface area (Å²) in [5.41, 5.74) is 1.79. The second kappa shape index (κ2) is 3.80. The van der Waals surface area contributed by atoms with Gasteiger partial charge in [-0.25, -0.2) is 9.97 Å². The first kappa shape index (κ1) is 9.68. The van der Waals surface area contributed by atoms with Crippen molar-refractivity contribution < 1.29 is 0 Å². The minimum atomic E-state index is 0.738. The Kier molecular flexibility index (Phi) is 2.30. The van der Waals surface area contributed by atoms with E-state index in [-0.39, 0.29) is 0 Å². The SMILES string of the molecule is CNc1nc(-c2cncs2)nc2sccc12. The molecule has 3 heterocycles. The monoisotopic (exact) mass is 248 g/mol. The molecular weight excluding hydrogens is 240 g/mol. The molecule has 80 valence electrons. The van der Waals surface area contributed by atoms with Crippen molar-refractivity contribution >= 4 is 38.7 Å². The van der Waals surface area contributed by atoms with Crippen LogP contribution in [0.2, 0.25) is 0 Å². The Morgan fingerprint density at radius 2 is 2.19 bits per heavy atom. The summed E-state index contributed by atoms with van der Waals surface area (Å²) < 4.78 is 0. The molecule has 0 unspecified atom stereocenters. The Bertz CT molecular complexity index is 615. The van der Waals surface area contributed by atoms with E-state index < -0.39 is 0 Å². The van der Waals surface area contributed by atoms with Gasteiger partial charge in [-0.15, -0.1) is 22.7 Å². The van der Waals surface area contributed by atoms with Gasteiger partial charge in [-0.1, -0.05) is 0 Å². The molecule has 0 radical (unpaired) electrons. The van der Waals surface area contributed by atoms with E-state index in [4.69, 9.17) is 0 Å². The van der Waals surface area contributed by atoms with Crippen LogP contribution in [-0.4, -0.2) is 22.0 Å². The topological polar surface area (TPSA) is 50.7 Å². The molecule has 0 spiro atoms. The van der Waals surface area contributed by atoms with E-state index >= 15 is 0 Å². The fourth-order valence-corrected chi connectivity index (χ4v) is 2.80. The van der Waals surface area contributed by atoms with E-state index in [0.29, 0.717) is 0 Å². The van der Waals surface area contributed by atoms with Gasteiger partial charge in [0.05, 0.1) is 15.8 Å². The zero-order valence-electron chi connectivity index (χ0n) is 8.47. The third-order valence-corrected chi connectivity index (χ3v) is 3.79. The molecule has 0 aliphatic carbocycles. The molecule has 0 saturated carbocycles. The summed E-state index contributed by atoms with van der Waals surface area (Å²) in [6.07, 6.45) is 1.79. The second-order valence-electron chi connectivity index (χ2n) is 3.15. The average Bonchev–Trinajstić information content (AvgIpc) is 2.97. The molecule has 0 aliphatic rings. The molecule has 0 aliphatic heterocycles. The van der Waals surface area contributed by atoms with Crippen LogP contribution in [0.15, 0.2) is 23.2 Å². The number of rotatable bonds is 2. The lowest BCUT2D eigenvalue weighted by Crippen LogP contribution is -1.96. The van der Waals surface area contributed by atoms with Gasteiger partial charge in [0, 0.05) is 13.2 Å². The van der Waals surface area contributed by atoms with Gasteiger partial charge >= 0.3 is 0 Å². The molecular formula is C10H8N4S2. The Hall–Kier alpha value is -1.53. The van der Waals surface area contributed by atoms with Crippen LogP contribution in [0.3, 0.4) is 0 Å². The van der Waals surface area contributed by atoms with Gasteiger partial charge in [-0.2, -0.15) is 0 Å². The van der Waals surface area contributed by atoms with Crippen LogP contribution in [0.5, 0.6) is 0 Å². The molecule has 16 heavy (non-hydrogen) atoms. The van der Waals surface area contributed by atoms with Crippen molar-refractivity contribution in [1.82, 2.24) is 15.0 Å². The van der Waals surface area contributed by atoms with E-state index in [1.54, 1.807) is 34.4 Å². The maximum Gasteiger partial charge on any atom is 0.174 e. The lowest BCUT2D eigenvalue weighted by molar-refractivity contribution is 1.23. The van der Waals surface area contributed by atoms with Crippen molar-refractivity contribution in [2.75, 3.05) is 12.4 Å². The summed E-state index contributed by atoms with van der Waals surface area (Å²) in [5, 5.41) is 6.19. The zero-order chi connectivity index (χ0) is 11.0. The Balaban J connectivity index is 2.27. The number of thiophene rings is 1. The van der Waals surface area contributed by atoms with Gasteiger partial charge in [0.15, 0.2) is 5.82 Å². The van der Waals surface area contributed by atoms with E-state index in [0.717, 1.165) is 26.7 Å². The van der Waals surface area contributed by atoms with E-state index in [1.165, 1.54) is 0 Å². The van der Waals surface area contributed by atoms with Gasteiger partial charge in [-0.05, 0) is 11.4 Å². The lowest BCUT2D eigenvalue weighted by atomic mass is 10.3. The molecule has 0 amide bonds. The summed E-state index contributed by atoms with van der Waals surface area (Å²) in [6, 6.07) is 2.03. The summed E-state index contributed by atoms with van der Waals surface area (Å²) >= 11 is 3.17. The van der Waals surface area contributed by atoms with E-state index in [2.05, 4.69) is 20.3 Å².